The number of nitrogens with one attached hydrogen (secondary N) is 1. The fraction of sp³-hybridized carbons (Fsp3) is 0.409. The molecule has 0 aromatic heterocycles. The zero-order valence-corrected chi connectivity index (χ0v) is 16.1. The monoisotopic (exact) mass is 368 g/mol. The Morgan fingerprint density at radius 3 is 2.30 bits per heavy atom. The summed E-state index contributed by atoms with van der Waals surface area (Å²) in [6.07, 6.45) is 2.42. The number of ether oxygens (including phenoxy) is 2. The molecule has 1 aliphatic heterocycles. The van der Waals surface area contributed by atoms with Crippen LogP contribution in [-0.2, 0) is 11.3 Å². The van der Waals surface area contributed by atoms with Crippen LogP contribution in [-0.4, -0.2) is 44.7 Å². The standard InChI is InChI=1S/C22H28N2O3/c1-26-16-17-5-7-19(8-6-17)22(25)23-15-21(24-13-3-4-14-24)18-9-11-20(27-2)12-10-18/h5-12,21H,3-4,13-16H2,1-2H3,(H,23,25)/t21-/m0/s1. The third-order valence-corrected chi connectivity index (χ3v) is 5.07. The molecule has 2 aromatic carbocycles. The van der Waals surface area contributed by atoms with Gasteiger partial charge in [0.1, 0.15) is 5.75 Å². The number of hydrogen-bond acceptors (Lipinski definition) is 4. The number of methoxy groups -OCH3 is 2. The van der Waals surface area contributed by atoms with Crippen LogP contribution in [0.2, 0.25) is 0 Å². The van der Waals surface area contributed by atoms with Gasteiger partial charge in [0.05, 0.1) is 19.8 Å². The molecule has 1 atom stereocenters. The van der Waals surface area contributed by atoms with Crippen LogP contribution in [0.1, 0.15) is 40.4 Å². The van der Waals surface area contributed by atoms with E-state index in [9.17, 15) is 4.79 Å². The first-order chi connectivity index (χ1) is 13.2. The van der Waals surface area contributed by atoms with Gasteiger partial charge in [0.2, 0.25) is 0 Å². The summed E-state index contributed by atoms with van der Waals surface area (Å²) in [5.41, 5.74) is 2.93. The number of amides is 1. The van der Waals surface area contributed by atoms with Crippen molar-refractivity contribution in [3.8, 4) is 5.75 Å². The Hall–Kier alpha value is -2.37. The Bertz CT molecular complexity index is 722. The van der Waals surface area contributed by atoms with Gasteiger partial charge in [0.25, 0.3) is 5.91 Å². The number of carbonyl (C=O) groups excluding carboxylic acids is 1. The van der Waals surface area contributed by atoms with E-state index in [2.05, 4.69) is 22.3 Å². The second kappa shape index (κ2) is 9.53. The topological polar surface area (TPSA) is 50.8 Å². The van der Waals surface area contributed by atoms with E-state index in [1.54, 1.807) is 14.2 Å². The predicted octanol–water partition coefficient (Wildman–Crippen LogP) is 3.41. The third kappa shape index (κ3) is 5.08. The van der Waals surface area contributed by atoms with E-state index >= 15 is 0 Å². The lowest BCUT2D eigenvalue weighted by Gasteiger charge is -2.28. The average Bonchev–Trinajstić information content (AvgIpc) is 3.24. The van der Waals surface area contributed by atoms with Gasteiger partial charge in [-0.1, -0.05) is 24.3 Å². The Morgan fingerprint density at radius 1 is 1.04 bits per heavy atom. The van der Waals surface area contributed by atoms with Gasteiger partial charge in [-0.05, 0) is 61.3 Å². The molecule has 1 heterocycles. The molecule has 0 saturated carbocycles. The lowest BCUT2D eigenvalue weighted by atomic mass is 10.0. The molecule has 3 rings (SSSR count). The quantitative estimate of drug-likeness (QED) is 0.776. The highest BCUT2D eigenvalue weighted by molar-refractivity contribution is 5.94. The first-order valence-electron chi connectivity index (χ1n) is 9.45. The van der Waals surface area contributed by atoms with Gasteiger partial charge in [0, 0.05) is 19.2 Å². The third-order valence-electron chi connectivity index (χ3n) is 5.07. The molecule has 1 saturated heterocycles. The van der Waals surface area contributed by atoms with Gasteiger partial charge in [-0.3, -0.25) is 9.69 Å². The van der Waals surface area contributed by atoms with E-state index in [1.807, 2.05) is 36.4 Å². The normalized spacial score (nSPS) is 15.5. The van der Waals surface area contributed by atoms with Crippen molar-refractivity contribution < 1.29 is 14.3 Å². The van der Waals surface area contributed by atoms with Crippen molar-refractivity contribution in [3.05, 3.63) is 65.2 Å². The zero-order chi connectivity index (χ0) is 19.1. The Morgan fingerprint density at radius 2 is 1.70 bits per heavy atom. The predicted molar refractivity (Wildman–Crippen MR) is 106 cm³/mol. The number of hydrogen-bond donors (Lipinski definition) is 1. The van der Waals surface area contributed by atoms with Crippen molar-refractivity contribution in [2.75, 3.05) is 33.9 Å². The van der Waals surface area contributed by atoms with Crippen LogP contribution in [0.3, 0.4) is 0 Å². The van der Waals surface area contributed by atoms with Crippen molar-refractivity contribution in [2.24, 2.45) is 0 Å². The van der Waals surface area contributed by atoms with E-state index < -0.39 is 0 Å². The Kier molecular flexibility index (Phi) is 6.85. The number of benzene rings is 2. The second-order valence-corrected chi connectivity index (χ2v) is 6.87. The molecule has 0 bridgehead atoms. The number of carbonyl (C=O) groups is 1. The van der Waals surface area contributed by atoms with Crippen LogP contribution in [0.15, 0.2) is 48.5 Å². The lowest BCUT2D eigenvalue weighted by Crippen LogP contribution is -2.36. The molecule has 1 fully saturated rings. The summed E-state index contributed by atoms with van der Waals surface area (Å²) in [5.74, 6) is 0.802. The summed E-state index contributed by atoms with van der Waals surface area (Å²) < 4.78 is 10.4. The first kappa shape index (κ1) is 19.4. The fourth-order valence-corrected chi connectivity index (χ4v) is 3.55. The zero-order valence-electron chi connectivity index (χ0n) is 16.1. The summed E-state index contributed by atoms with van der Waals surface area (Å²) in [4.78, 5) is 15.0. The summed E-state index contributed by atoms with van der Waals surface area (Å²) in [6, 6.07) is 15.9. The average molecular weight is 368 g/mol. The number of nitrogens with zero attached hydrogens (tertiary/aromatic N) is 1. The second-order valence-electron chi connectivity index (χ2n) is 6.87. The molecule has 0 aliphatic carbocycles. The minimum absolute atomic E-state index is 0.0447. The summed E-state index contributed by atoms with van der Waals surface area (Å²) in [6.45, 7) is 3.28. The van der Waals surface area contributed by atoms with Crippen LogP contribution in [0.25, 0.3) is 0 Å². The van der Waals surface area contributed by atoms with Crippen molar-refractivity contribution in [1.82, 2.24) is 10.2 Å². The molecule has 5 heteroatoms. The van der Waals surface area contributed by atoms with Crippen LogP contribution in [0, 0.1) is 0 Å². The molecule has 144 valence electrons. The van der Waals surface area contributed by atoms with Gasteiger partial charge in [-0.2, -0.15) is 0 Å². The molecule has 1 N–H and O–H groups in total. The minimum atomic E-state index is -0.0447. The largest absolute Gasteiger partial charge is 0.497 e. The van der Waals surface area contributed by atoms with Gasteiger partial charge in [0.15, 0.2) is 0 Å². The van der Waals surface area contributed by atoms with Crippen LogP contribution < -0.4 is 10.1 Å². The molecule has 0 unspecified atom stereocenters. The van der Waals surface area contributed by atoms with Crippen molar-refractivity contribution in [2.45, 2.75) is 25.5 Å². The summed E-state index contributed by atoms with van der Waals surface area (Å²) in [7, 11) is 3.34. The van der Waals surface area contributed by atoms with Crippen molar-refractivity contribution in [1.29, 1.82) is 0 Å². The smallest absolute Gasteiger partial charge is 0.251 e. The number of likely N-dealkylation sites (tertiary alicyclic amines) is 1. The SMILES string of the molecule is COCc1ccc(C(=O)NC[C@@H](c2ccc(OC)cc2)N2CCCC2)cc1. The van der Waals surface area contributed by atoms with Gasteiger partial charge >= 0.3 is 0 Å². The minimum Gasteiger partial charge on any atom is -0.497 e. The molecule has 5 nitrogen and oxygen atoms in total. The molecule has 2 aromatic rings. The Balaban J connectivity index is 1.67. The van der Waals surface area contributed by atoms with Crippen LogP contribution in [0.4, 0.5) is 0 Å². The molecule has 1 aliphatic rings. The van der Waals surface area contributed by atoms with Gasteiger partial charge in [-0.15, -0.1) is 0 Å². The molecular weight excluding hydrogens is 340 g/mol. The molecule has 0 spiro atoms. The number of rotatable bonds is 8. The molecule has 27 heavy (non-hydrogen) atoms. The van der Waals surface area contributed by atoms with Crippen LogP contribution in [0.5, 0.6) is 5.75 Å². The highest BCUT2D eigenvalue weighted by atomic mass is 16.5. The maximum atomic E-state index is 12.6. The van der Waals surface area contributed by atoms with Crippen molar-refractivity contribution in [3.63, 3.8) is 0 Å². The van der Waals surface area contributed by atoms with E-state index in [0.29, 0.717) is 18.7 Å². The van der Waals surface area contributed by atoms with E-state index in [0.717, 1.165) is 24.4 Å². The van der Waals surface area contributed by atoms with E-state index in [4.69, 9.17) is 9.47 Å². The van der Waals surface area contributed by atoms with Crippen LogP contribution >= 0.6 is 0 Å². The molecule has 0 radical (unpaired) electrons. The lowest BCUT2D eigenvalue weighted by molar-refractivity contribution is 0.0938. The summed E-state index contributed by atoms with van der Waals surface area (Å²) >= 11 is 0. The highest BCUT2D eigenvalue weighted by Gasteiger charge is 2.24. The summed E-state index contributed by atoms with van der Waals surface area (Å²) in [5, 5.41) is 3.11. The molecular formula is C22H28N2O3. The molecule has 1 amide bonds. The first-order valence-corrected chi connectivity index (χ1v) is 9.45. The van der Waals surface area contributed by atoms with E-state index in [-0.39, 0.29) is 11.9 Å². The van der Waals surface area contributed by atoms with Gasteiger partial charge < -0.3 is 14.8 Å². The van der Waals surface area contributed by atoms with Crippen molar-refractivity contribution >= 4 is 5.91 Å². The fourth-order valence-electron chi connectivity index (χ4n) is 3.55. The Labute approximate surface area is 161 Å². The maximum absolute atomic E-state index is 12.6. The maximum Gasteiger partial charge on any atom is 0.251 e. The van der Waals surface area contributed by atoms with Gasteiger partial charge in [-0.25, -0.2) is 0 Å². The highest BCUT2D eigenvalue weighted by Crippen LogP contribution is 2.26. The van der Waals surface area contributed by atoms with E-state index in [1.165, 1.54) is 18.4 Å².